The predicted molar refractivity (Wildman–Crippen MR) is 119 cm³/mol. The number of aromatic nitrogens is 1. The third kappa shape index (κ3) is 4.46. The van der Waals surface area contributed by atoms with Crippen LogP contribution in [0.1, 0.15) is 24.3 Å². The molecule has 0 saturated carbocycles. The van der Waals surface area contributed by atoms with Crippen molar-refractivity contribution in [2.24, 2.45) is 10.2 Å². The quantitative estimate of drug-likeness (QED) is 0.552. The van der Waals surface area contributed by atoms with Crippen LogP contribution in [-0.4, -0.2) is 36.4 Å². The van der Waals surface area contributed by atoms with Gasteiger partial charge in [0.15, 0.2) is 5.76 Å². The number of carbonyl (C=O) groups excluding carboxylic acids is 1. The van der Waals surface area contributed by atoms with Gasteiger partial charge < -0.3 is 9.84 Å². The molecule has 10 heteroatoms. The number of anilines is 1. The fraction of sp³-hybridized carbons (Fsp3) is 0.273. The van der Waals surface area contributed by atoms with Crippen LogP contribution in [0.3, 0.4) is 0 Å². The average molecular weight is 454 g/mol. The molecule has 1 aromatic heterocycles. The molecular weight excluding hydrogens is 430 g/mol. The molecule has 1 aliphatic rings. The number of hydrogen-bond donors (Lipinski definition) is 1. The molecule has 1 aliphatic heterocycles. The Bertz CT molecular complexity index is 1220. The van der Waals surface area contributed by atoms with Gasteiger partial charge in [-0.05, 0) is 63.1 Å². The molecule has 2 heterocycles. The summed E-state index contributed by atoms with van der Waals surface area (Å²) in [4.78, 5) is 12.9. The van der Waals surface area contributed by atoms with Gasteiger partial charge >= 0.3 is 0 Å². The van der Waals surface area contributed by atoms with E-state index < -0.39 is 16.1 Å². The fourth-order valence-corrected chi connectivity index (χ4v) is 5.65. The molecule has 1 fully saturated rings. The van der Waals surface area contributed by atoms with Crippen molar-refractivity contribution in [2.75, 3.05) is 11.9 Å². The monoisotopic (exact) mass is 453 g/mol. The first-order valence-electron chi connectivity index (χ1n) is 10.2. The minimum absolute atomic E-state index is 0.0327. The first-order chi connectivity index (χ1) is 15.4. The zero-order valence-corrected chi connectivity index (χ0v) is 18.5. The maximum absolute atomic E-state index is 13.2. The zero-order valence-electron chi connectivity index (χ0n) is 17.7. The molecule has 3 aromatic rings. The van der Waals surface area contributed by atoms with Crippen LogP contribution in [0.25, 0.3) is 0 Å². The summed E-state index contributed by atoms with van der Waals surface area (Å²) in [7, 11) is -3.89. The van der Waals surface area contributed by atoms with Crippen LogP contribution in [0.5, 0.6) is 0 Å². The van der Waals surface area contributed by atoms with Crippen LogP contribution < -0.4 is 5.32 Å². The first-order valence-corrected chi connectivity index (χ1v) is 11.6. The largest absolute Gasteiger partial charge is 0.360 e. The number of amides is 1. The molecule has 9 nitrogen and oxygen atoms in total. The van der Waals surface area contributed by atoms with E-state index in [1.807, 2.05) is 30.3 Å². The van der Waals surface area contributed by atoms with E-state index in [1.165, 1.54) is 4.31 Å². The Hall–Kier alpha value is -3.37. The second-order valence-corrected chi connectivity index (χ2v) is 9.33. The number of aryl methyl sites for hydroxylation is 2. The Morgan fingerprint density at radius 1 is 1.06 bits per heavy atom. The molecule has 1 unspecified atom stereocenters. The van der Waals surface area contributed by atoms with Gasteiger partial charge in [-0.15, -0.1) is 0 Å². The van der Waals surface area contributed by atoms with Crippen LogP contribution in [-0.2, 0) is 14.8 Å². The van der Waals surface area contributed by atoms with Gasteiger partial charge in [-0.2, -0.15) is 14.5 Å². The predicted octanol–water partition coefficient (Wildman–Crippen LogP) is 4.50. The third-order valence-electron chi connectivity index (χ3n) is 5.21. The van der Waals surface area contributed by atoms with Crippen LogP contribution in [0.2, 0.25) is 0 Å². The fourth-order valence-electron chi connectivity index (χ4n) is 3.70. The van der Waals surface area contributed by atoms with E-state index in [1.54, 1.807) is 38.1 Å². The van der Waals surface area contributed by atoms with Crippen molar-refractivity contribution in [3.05, 3.63) is 66.1 Å². The van der Waals surface area contributed by atoms with E-state index in [9.17, 15) is 13.2 Å². The first kappa shape index (κ1) is 21.8. The Morgan fingerprint density at radius 2 is 1.72 bits per heavy atom. The van der Waals surface area contributed by atoms with Crippen molar-refractivity contribution in [2.45, 2.75) is 37.6 Å². The summed E-state index contributed by atoms with van der Waals surface area (Å²) in [5.74, 6) is -0.162. The number of nitrogens with zero attached hydrogens (tertiary/aromatic N) is 4. The number of carbonyl (C=O) groups is 1. The standard InChI is InChI=1S/C22H23N5O4S/c1-15-21(16(2)31-26-15)32(29,30)27-14-6-9-20(27)22(28)23-17-10-12-19(13-11-17)25-24-18-7-4-3-5-8-18/h3-5,7-8,10-13,20H,6,9,14H2,1-2H3,(H,23,28). The summed E-state index contributed by atoms with van der Waals surface area (Å²) in [6, 6.07) is 15.4. The average Bonchev–Trinajstić information content (AvgIpc) is 3.41. The Labute approximate surface area is 186 Å². The number of azo groups is 1. The van der Waals surface area contributed by atoms with Crippen molar-refractivity contribution in [1.82, 2.24) is 9.46 Å². The van der Waals surface area contributed by atoms with Crippen molar-refractivity contribution in [1.29, 1.82) is 0 Å². The van der Waals surface area contributed by atoms with Crippen LogP contribution in [0.4, 0.5) is 17.1 Å². The smallest absolute Gasteiger partial charge is 0.249 e. The van der Waals surface area contributed by atoms with Crippen LogP contribution in [0, 0.1) is 13.8 Å². The van der Waals surface area contributed by atoms with Crippen molar-refractivity contribution in [3.8, 4) is 0 Å². The molecule has 0 radical (unpaired) electrons. The van der Waals surface area contributed by atoms with E-state index in [2.05, 4.69) is 20.7 Å². The highest BCUT2D eigenvalue weighted by molar-refractivity contribution is 7.89. The summed E-state index contributed by atoms with van der Waals surface area (Å²) in [6.07, 6.45) is 1.04. The van der Waals surface area contributed by atoms with Crippen LogP contribution in [0.15, 0.2) is 74.2 Å². The van der Waals surface area contributed by atoms with Crippen molar-refractivity contribution >= 4 is 33.0 Å². The van der Waals surface area contributed by atoms with E-state index in [4.69, 9.17) is 4.52 Å². The van der Waals surface area contributed by atoms with Gasteiger partial charge in [0.05, 0.1) is 11.4 Å². The van der Waals surface area contributed by atoms with Crippen LogP contribution >= 0.6 is 0 Å². The second kappa shape index (κ2) is 9.01. The summed E-state index contributed by atoms with van der Waals surface area (Å²) in [5.41, 5.74) is 2.21. The molecule has 1 N–H and O–H groups in total. The highest BCUT2D eigenvalue weighted by Crippen LogP contribution is 2.30. The lowest BCUT2D eigenvalue weighted by atomic mass is 10.2. The van der Waals surface area contributed by atoms with Gasteiger partial charge in [-0.3, -0.25) is 4.79 Å². The number of nitrogens with one attached hydrogen (secondary N) is 1. The van der Waals surface area contributed by atoms with E-state index in [0.29, 0.717) is 24.2 Å². The summed E-state index contributed by atoms with van der Waals surface area (Å²) < 4.78 is 32.6. The molecule has 32 heavy (non-hydrogen) atoms. The summed E-state index contributed by atoms with van der Waals surface area (Å²) >= 11 is 0. The maximum atomic E-state index is 13.2. The third-order valence-corrected chi connectivity index (χ3v) is 7.37. The van der Waals surface area contributed by atoms with E-state index >= 15 is 0 Å². The zero-order chi connectivity index (χ0) is 22.7. The molecule has 1 saturated heterocycles. The Kier molecular flexibility index (Phi) is 6.15. The van der Waals surface area contributed by atoms with Crippen molar-refractivity contribution < 1.29 is 17.7 Å². The van der Waals surface area contributed by atoms with Gasteiger partial charge in [0.1, 0.15) is 16.6 Å². The lowest BCUT2D eigenvalue weighted by Gasteiger charge is -2.23. The molecule has 2 aromatic carbocycles. The van der Waals surface area contributed by atoms with Gasteiger partial charge in [0.2, 0.25) is 15.9 Å². The molecule has 1 amide bonds. The highest BCUT2D eigenvalue weighted by atomic mass is 32.2. The molecule has 0 aliphatic carbocycles. The lowest BCUT2D eigenvalue weighted by Crippen LogP contribution is -2.43. The van der Waals surface area contributed by atoms with Gasteiger partial charge in [0.25, 0.3) is 0 Å². The maximum Gasteiger partial charge on any atom is 0.249 e. The molecule has 0 spiro atoms. The second-order valence-electron chi connectivity index (χ2n) is 7.50. The molecule has 1 atom stereocenters. The Balaban J connectivity index is 1.46. The van der Waals surface area contributed by atoms with Crippen molar-refractivity contribution in [3.63, 3.8) is 0 Å². The minimum Gasteiger partial charge on any atom is -0.360 e. The normalized spacial score (nSPS) is 17.1. The molecule has 4 rings (SSSR count). The minimum atomic E-state index is -3.89. The molecule has 166 valence electrons. The number of rotatable bonds is 6. The van der Waals surface area contributed by atoms with E-state index in [-0.39, 0.29) is 28.8 Å². The molecule has 0 bridgehead atoms. The van der Waals surface area contributed by atoms with E-state index in [0.717, 1.165) is 5.69 Å². The lowest BCUT2D eigenvalue weighted by molar-refractivity contribution is -0.119. The summed E-state index contributed by atoms with van der Waals surface area (Å²) in [5, 5.41) is 14.9. The highest BCUT2D eigenvalue weighted by Gasteiger charge is 2.41. The van der Waals surface area contributed by atoms with Gasteiger partial charge in [0, 0.05) is 12.2 Å². The summed E-state index contributed by atoms with van der Waals surface area (Å²) in [6.45, 7) is 3.39. The molecular formula is C22H23N5O4S. The topological polar surface area (TPSA) is 117 Å². The Morgan fingerprint density at radius 3 is 2.34 bits per heavy atom. The number of benzene rings is 2. The SMILES string of the molecule is Cc1noc(C)c1S(=O)(=O)N1CCCC1C(=O)Nc1ccc(N=Nc2ccccc2)cc1. The van der Waals surface area contributed by atoms with Gasteiger partial charge in [-0.25, -0.2) is 8.42 Å². The number of hydrogen-bond acceptors (Lipinski definition) is 7. The number of sulfonamides is 1. The van der Waals surface area contributed by atoms with Gasteiger partial charge in [-0.1, -0.05) is 23.4 Å².